The molecule has 0 aliphatic carbocycles. The number of nitrogens with one attached hydrogen (secondary N) is 3. The van der Waals surface area contributed by atoms with Gasteiger partial charge in [0.15, 0.2) is 0 Å². The Bertz CT molecular complexity index is 445. The van der Waals surface area contributed by atoms with E-state index in [4.69, 9.17) is 0 Å². The second-order valence-corrected chi connectivity index (χ2v) is 4.69. The van der Waals surface area contributed by atoms with Crippen molar-refractivity contribution in [1.82, 2.24) is 20.2 Å². The summed E-state index contributed by atoms with van der Waals surface area (Å²) in [5, 5.41) is 3.31. The fourth-order valence-electron chi connectivity index (χ4n) is 2.35. The van der Waals surface area contributed by atoms with E-state index in [1.54, 1.807) is 4.90 Å². The Labute approximate surface area is 106 Å². The molecule has 18 heavy (non-hydrogen) atoms. The van der Waals surface area contributed by atoms with Crippen LogP contribution < -0.4 is 11.0 Å². The highest BCUT2D eigenvalue weighted by molar-refractivity contribution is 5.92. The van der Waals surface area contributed by atoms with Crippen LogP contribution in [0.1, 0.15) is 30.3 Å². The first kappa shape index (κ1) is 12.9. The van der Waals surface area contributed by atoms with E-state index in [0.717, 1.165) is 32.5 Å². The van der Waals surface area contributed by atoms with E-state index in [2.05, 4.69) is 15.3 Å². The van der Waals surface area contributed by atoms with Gasteiger partial charge in [-0.2, -0.15) is 0 Å². The highest BCUT2D eigenvalue weighted by Gasteiger charge is 2.21. The van der Waals surface area contributed by atoms with E-state index < -0.39 is 0 Å². The third-order valence-corrected chi connectivity index (χ3v) is 3.43. The topological polar surface area (TPSA) is 81.0 Å². The highest BCUT2D eigenvalue weighted by Crippen LogP contribution is 2.14. The van der Waals surface area contributed by atoms with Gasteiger partial charge in [0.2, 0.25) is 0 Å². The number of hydrogen-bond acceptors (Lipinski definition) is 3. The summed E-state index contributed by atoms with van der Waals surface area (Å²) < 4.78 is 0. The minimum absolute atomic E-state index is 0.102. The molecule has 100 valence electrons. The molecule has 6 heteroatoms. The zero-order chi connectivity index (χ0) is 13.0. The van der Waals surface area contributed by atoms with Crippen LogP contribution >= 0.6 is 0 Å². The number of aromatic nitrogens is 2. The molecule has 0 aromatic carbocycles. The van der Waals surface area contributed by atoms with Gasteiger partial charge in [0.05, 0.1) is 0 Å². The Morgan fingerprint density at radius 3 is 2.72 bits per heavy atom. The lowest BCUT2D eigenvalue weighted by Gasteiger charge is -2.29. The van der Waals surface area contributed by atoms with Crippen LogP contribution in [0.25, 0.3) is 0 Å². The lowest BCUT2D eigenvalue weighted by atomic mass is 9.97. The van der Waals surface area contributed by atoms with Crippen molar-refractivity contribution in [2.24, 2.45) is 5.92 Å². The van der Waals surface area contributed by atoms with E-state index in [1.165, 1.54) is 6.20 Å². The molecule has 0 atom stereocenters. The van der Waals surface area contributed by atoms with Crippen molar-refractivity contribution in [2.75, 3.05) is 26.2 Å². The van der Waals surface area contributed by atoms with Gasteiger partial charge in [-0.25, -0.2) is 4.79 Å². The molecule has 1 fully saturated rings. The number of aromatic amines is 2. The summed E-state index contributed by atoms with van der Waals surface area (Å²) in [6.07, 6.45) is 3.65. The molecule has 6 nitrogen and oxygen atoms in total. The number of carbonyl (C=O) groups is 1. The Morgan fingerprint density at radius 2 is 2.17 bits per heavy atom. The molecule has 1 aliphatic rings. The van der Waals surface area contributed by atoms with Gasteiger partial charge in [-0.3, -0.25) is 4.79 Å². The third kappa shape index (κ3) is 3.01. The number of H-pyrrole nitrogens is 2. The van der Waals surface area contributed by atoms with Gasteiger partial charge < -0.3 is 20.2 Å². The van der Waals surface area contributed by atoms with Gasteiger partial charge in [-0.1, -0.05) is 0 Å². The summed E-state index contributed by atoms with van der Waals surface area (Å²) in [5.41, 5.74) is 0.00653. The monoisotopic (exact) mass is 252 g/mol. The summed E-state index contributed by atoms with van der Waals surface area (Å²) in [7, 11) is 0. The lowest BCUT2D eigenvalue weighted by Crippen LogP contribution is -2.39. The van der Waals surface area contributed by atoms with Crippen molar-refractivity contribution in [3.63, 3.8) is 0 Å². The van der Waals surface area contributed by atoms with Crippen molar-refractivity contribution >= 4 is 5.91 Å². The smallest absolute Gasteiger partial charge is 0.323 e. The number of rotatable bonds is 4. The molecule has 0 bridgehead atoms. The maximum Gasteiger partial charge on any atom is 0.323 e. The number of imidazole rings is 1. The Balaban J connectivity index is 1.99. The SMILES string of the molecule is CCN(CC1CCNCC1)C(=O)c1c[nH]c(=O)[nH]1. The van der Waals surface area contributed by atoms with Crippen molar-refractivity contribution in [2.45, 2.75) is 19.8 Å². The standard InChI is InChI=1S/C12H20N4O2/c1-2-16(8-9-3-5-13-6-4-9)11(17)10-7-14-12(18)15-10/h7,9,13H,2-6,8H2,1H3,(H2,14,15,18). The van der Waals surface area contributed by atoms with Crippen LogP contribution in [0.5, 0.6) is 0 Å². The largest absolute Gasteiger partial charge is 0.337 e. The molecule has 1 amide bonds. The first-order valence-corrected chi connectivity index (χ1v) is 6.48. The zero-order valence-corrected chi connectivity index (χ0v) is 10.7. The van der Waals surface area contributed by atoms with E-state index in [9.17, 15) is 9.59 Å². The number of hydrogen-bond donors (Lipinski definition) is 3. The molecule has 2 heterocycles. The maximum absolute atomic E-state index is 12.2. The van der Waals surface area contributed by atoms with Crippen molar-refractivity contribution in [3.05, 3.63) is 22.4 Å². The van der Waals surface area contributed by atoms with Gasteiger partial charge in [0, 0.05) is 19.3 Å². The molecule has 0 saturated carbocycles. The number of piperidine rings is 1. The highest BCUT2D eigenvalue weighted by atomic mass is 16.2. The summed E-state index contributed by atoms with van der Waals surface area (Å²) in [6, 6.07) is 0. The second-order valence-electron chi connectivity index (χ2n) is 4.69. The fraction of sp³-hybridized carbons (Fsp3) is 0.667. The normalized spacial score (nSPS) is 16.7. The van der Waals surface area contributed by atoms with Crippen LogP contribution in [0, 0.1) is 5.92 Å². The minimum Gasteiger partial charge on any atom is -0.337 e. The van der Waals surface area contributed by atoms with Crippen LogP contribution in [0.2, 0.25) is 0 Å². The van der Waals surface area contributed by atoms with Gasteiger partial charge in [-0.15, -0.1) is 0 Å². The molecule has 0 radical (unpaired) electrons. The van der Waals surface area contributed by atoms with Crippen LogP contribution in [-0.4, -0.2) is 47.0 Å². The first-order chi connectivity index (χ1) is 8.70. The van der Waals surface area contributed by atoms with Crippen molar-refractivity contribution in [3.8, 4) is 0 Å². The predicted molar refractivity (Wildman–Crippen MR) is 68.6 cm³/mol. The average Bonchev–Trinajstić information content (AvgIpc) is 2.83. The Kier molecular flexibility index (Phi) is 4.19. The molecule has 0 unspecified atom stereocenters. The number of amides is 1. The van der Waals surface area contributed by atoms with E-state index in [0.29, 0.717) is 18.2 Å². The molecule has 1 aliphatic heterocycles. The molecule has 1 aromatic rings. The summed E-state index contributed by atoms with van der Waals surface area (Å²) in [5.74, 6) is 0.454. The minimum atomic E-state index is -0.337. The first-order valence-electron chi connectivity index (χ1n) is 6.48. The summed E-state index contributed by atoms with van der Waals surface area (Å²) in [6.45, 7) is 5.44. The van der Waals surface area contributed by atoms with E-state index in [-0.39, 0.29) is 11.6 Å². The second kappa shape index (κ2) is 5.86. The molecular formula is C12H20N4O2. The quantitative estimate of drug-likeness (QED) is 0.714. The third-order valence-electron chi connectivity index (χ3n) is 3.43. The molecule has 1 saturated heterocycles. The van der Waals surface area contributed by atoms with E-state index >= 15 is 0 Å². The Hall–Kier alpha value is -1.56. The summed E-state index contributed by atoms with van der Waals surface area (Å²) in [4.78, 5) is 30.0. The Morgan fingerprint density at radius 1 is 1.44 bits per heavy atom. The molecule has 0 spiro atoms. The van der Waals surface area contributed by atoms with Crippen LogP contribution in [-0.2, 0) is 0 Å². The number of nitrogens with zero attached hydrogens (tertiary/aromatic N) is 1. The van der Waals surface area contributed by atoms with Crippen LogP contribution in [0.15, 0.2) is 11.0 Å². The predicted octanol–water partition coefficient (Wildman–Crippen LogP) is 0.165. The average molecular weight is 252 g/mol. The van der Waals surface area contributed by atoms with Crippen LogP contribution in [0.4, 0.5) is 0 Å². The number of carbonyl (C=O) groups excluding carboxylic acids is 1. The van der Waals surface area contributed by atoms with Gasteiger partial charge in [0.1, 0.15) is 5.69 Å². The molecule has 1 aromatic heterocycles. The van der Waals surface area contributed by atoms with E-state index in [1.807, 2.05) is 6.92 Å². The van der Waals surface area contributed by atoms with Gasteiger partial charge >= 0.3 is 5.69 Å². The molecule has 3 N–H and O–H groups in total. The summed E-state index contributed by atoms with van der Waals surface area (Å²) >= 11 is 0. The maximum atomic E-state index is 12.2. The van der Waals surface area contributed by atoms with Gasteiger partial charge in [-0.05, 0) is 38.8 Å². The van der Waals surface area contributed by atoms with Crippen molar-refractivity contribution in [1.29, 1.82) is 0 Å². The van der Waals surface area contributed by atoms with Crippen LogP contribution in [0.3, 0.4) is 0 Å². The lowest BCUT2D eigenvalue weighted by molar-refractivity contribution is 0.0721. The molecular weight excluding hydrogens is 232 g/mol. The molecule has 2 rings (SSSR count). The van der Waals surface area contributed by atoms with Crippen molar-refractivity contribution < 1.29 is 4.79 Å². The fourth-order valence-corrected chi connectivity index (χ4v) is 2.35. The van der Waals surface area contributed by atoms with Gasteiger partial charge in [0.25, 0.3) is 5.91 Å². The zero-order valence-electron chi connectivity index (χ0n) is 10.7.